The highest BCUT2D eigenvalue weighted by atomic mass is 16.5. The first-order chi connectivity index (χ1) is 12.1. The van der Waals surface area contributed by atoms with Crippen molar-refractivity contribution in [3.63, 3.8) is 0 Å². The van der Waals surface area contributed by atoms with Crippen LogP contribution in [0, 0.1) is 0 Å². The van der Waals surface area contributed by atoms with E-state index < -0.39 is 0 Å². The number of carbonyl (C=O) groups is 2. The molecule has 7 heteroatoms. The fourth-order valence-corrected chi connectivity index (χ4v) is 2.75. The summed E-state index contributed by atoms with van der Waals surface area (Å²) >= 11 is 0. The quantitative estimate of drug-likeness (QED) is 0.921. The van der Waals surface area contributed by atoms with Gasteiger partial charge in [0.2, 0.25) is 5.91 Å². The van der Waals surface area contributed by atoms with E-state index in [9.17, 15) is 9.59 Å². The van der Waals surface area contributed by atoms with Gasteiger partial charge in [0.1, 0.15) is 6.10 Å². The van der Waals surface area contributed by atoms with Crippen LogP contribution in [0.5, 0.6) is 6.01 Å². The van der Waals surface area contributed by atoms with Gasteiger partial charge in [-0.3, -0.25) is 9.59 Å². The number of nitrogens with one attached hydrogen (secondary N) is 1. The molecule has 1 aliphatic rings. The van der Waals surface area contributed by atoms with E-state index in [0.29, 0.717) is 30.4 Å². The van der Waals surface area contributed by atoms with Gasteiger partial charge in [-0.05, 0) is 30.3 Å². The van der Waals surface area contributed by atoms with Crippen LogP contribution in [0.4, 0.5) is 5.69 Å². The number of ether oxygens (including phenoxy) is 1. The minimum atomic E-state index is -0.136. The lowest BCUT2D eigenvalue weighted by Crippen LogP contribution is -2.41. The topological polar surface area (TPSA) is 84.4 Å². The number of aromatic nitrogens is 2. The molecular weight excluding hydrogens is 320 g/mol. The molecular formula is C18H20N4O3. The molecule has 0 unspecified atom stereocenters. The minimum Gasteiger partial charge on any atom is -0.460 e. The van der Waals surface area contributed by atoms with Crippen LogP contribution < -0.4 is 10.1 Å². The van der Waals surface area contributed by atoms with Gasteiger partial charge >= 0.3 is 6.01 Å². The molecule has 0 spiro atoms. The first-order valence-corrected chi connectivity index (χ1v) is 8.22. The summed E-state index contributed by atoms with van der Waals surface area (Å²) < 4.78 is 5.74. The summed E-state index contributed by atoms with van der Waals surface area (Å²) in [7, 11) is 0. The highest BCUT2D eigenvalue weighted by Gasteiger charge is 2.25. The van der Waals surface area contributed by atoms with E-state index in [1.807, 2.05) is 4.90 Å². The van der Waals surface area contributed by atoms with Crippen molar-refractivity contribution in [2.45, 2.75) is 25.9 Å². The predicted molar refractivity (Wildman–Crippen MR) is 92.3 cm³/mol. The van der Waals surface area contributed by atoms with Crippen molar-refractivity contribution in [2.75, 3.05) is 18.4 Å². The second-order valence-electron chi connectivity index (χ2n) is 5.90. The van der Waals surface area contributed by atoms with Crippen molar-refractivity contribution in [1.29, 1.82) is 0 Å². The van der Waals surface area contributed by atoms with Crippen LogP contribution >= 0.6 is 0 Å². The second kappa shape index (κ2) is 7.74. The van der Waals surface area contributed by atoms with E-state index in [4.69, 9.17) is 4.74 Å². The van der Waals surface area contributed by atoms with Gasteiger partial charge < -0.3 is 15.0 Å². The average Bonchev–Trinajstić information content (AvgIpc) is 2.63. The van der Waals surface area contributed by atoms with E-state index in [2.05, 4.69) is 15.3 Å². The van der Waals surface area contributed by atoms with E-state index in [-0.39, 0.29) is 17.9 Å². The van der Waals surface area contributed by atoms with Crippen molar-refractivity contribution in [3.05, 3.63) is 48.3 Å². The molecule has 1 fully saturated rings. The molecule has 130 valence electrons. The lowest BCUT2D eigenvalue weighted by molar-refractivity contribution is -0.114. The standard InChI is InChI=1S/C18H20N4O3/c1-13(23)21-15-5-3-14(4-6-15)17(24)22-11-7-16(8-12-22)25-18-19-9-2-10-20-18/h2-6,9-10,16H,7-8,11-12H2,1H3,(H,21,23). The minimum absolute atomic E-state index is 0.0104. The zero-order valence-electron chi connectivity index (χ0n) is 14.0. The van der Waals surface area contributed by atoms with Gasteiger partial charge in [-0.1, -0.05) is 0 Å². The third-order valence-electron chi connectivity index (χ3n) is 4.00. The fraction of sp³-hybridized carbons (Fsp3) is 0.333. The van der Waals surface area contributed by atoms with Gasteiger partial charge in [0, 0.05) is 56.5 Å². The molecule has 1 aromatic heterocycles. The summed E-state index contributed by atoms with van der Waals surface area (Å²) in [6, 6.07) is 9.04. The SMILES string of the molecule is CC(=O)Nc1ccc(C(=O)N2CCC(Oc3ncccn3)CC2)cc1. The molecule has 1 aromatic carbocycles. The summed E-state index contributed by atoms with van der Waals surface area (Å²) in [5.41, 5.74) is 1.29. The molecule has 2 aromatic rings. The lowest BCUT2D eigenvalue weighted by atomic mass is 10.1. The predicted octanol–water partition coefficient (Wildman–Crippen LogP) is 2.12. The Morgan fingerprint density at radius 3 is 2.36 bits per heavy atom. The summed E-state index contributed by atoms with van der Waals surface area (Å²) in [5, 5.41) is 2.69. The molecule has 7 nitrogen and oxygen atoms in total. The number of benzene rings is 1. The van der Waals surface area contributed by atoms with Gasteiger partial charge in [0.15, 0.2) is 0 Å². The summed E-state index contributed by atoms with van der Waals surface area (Å²) in [6.45, 7) is 2.71. The number of anilines is 1. The van der Waals surface area contributed by atoms with E-state index >= 15 is 0 Å². The highest BCUT2D eigenvalue weighted by molar-refractivity contribution is 5.95. The van der Waals surface area contributed by atoms with E-state index in [1.165, 1.54) is 6.92 Å². The number of piperidine rings is 1. The Bertz CT molecular complexity index is 726. The third-order valence-corrected chi connectivity index (χ3v) is 4.00. The maximum Gasteiger partial charge on any atom is 0.316 e. The van der Waals surface area contributed by atoms with E-state index in [1.54, 1.807) is 42.7 Å². The number of hydrogen-bond donors (Lipinski definition) is 1. The smallest absolute Gasteiger partial charge is 0.316 e. The number of carbonyl (C=O) groups excluding carboxylic acids is 2. The lowest BCUT2D eigenvalue weighted by Gasteiger charge is -2.31. The number of amides is 2. The van der Waals surface area contributed by atoms with Gasteiger partial charge in [0.25, 0.3) is 5.91 Å². The molecule has 2 amide bonds. The molecule has 25 heavy (non-hydrogen) atoms. The van der Waals surface area contributed by atoms with Crippen molar-refractivity contribution >= 4 is 17.5 Å². The Hall–Kier alpha value is -2.96. The van der Waals surface area contributed by atoms with Crippen LogP contribution in [0.1, 0.15) is 30.1 Å². The molecule has 0 radical (unpaired) electrons. The number of rotatable bonds is 4. The molecule has 1 saturated heterocycles. The molecule has 1 aliphatic heterocycles. The fourth-order valence-electron chi connectivity index (χ4n) is 2.75. The van der Waals surface area contributed by atoms with Crippen LogP contribution in [0.2, 0.25) is 0 Å². The van der Waals surface area contributed by atoms with Gasteiger partial charge in [-0.15, -0.1) is 0 Å². The Morgan fingerprint density at radius 2 is 1.76 bits per heavy atom. The van der Waals surface area contributed by atoms with Crippen LogP contribution in [0.3, 0.4) is 0 Å². The summed E-state index contributed by atoms with van der Waals surface area (Å²) in [6.07, 6.45) is 4.80. The molecule has 3 rings (SSSR count). The van der Waals surface area contributed by atoms with Crippen LogP contribution in [-0.4, -0.2) is 45.9 Å². The maximum atomic E-state index is 12.6. The van der Waals surface area contributed by atoms with Gasteiger partial charge in [-0.2, -0.15) is 0 Å². The highest BCUT2D eigenvalue weighted by Crippen LogP contribution is 2.18. The summed E-state index contributed by atoms with van der Waals surface area (Å²) in [5.74, 6) is -0.146. The van der Waals surface area contributed by atoms with Crippen molar-refractivity contribution in [1.82, 2.24) is 14.9 Å². The van der Waals surface area contributed by atoms with Gasteiger partial charge in [0.05, 0.1) is 0 Å². The second-order valence-corrected chi connectivity index (χ2v) is 5.90. The van der Waals surface area contributed by atoms with E-state index in [0.717, 1.165) is 12.8 Å². The molecule has 0 saturated carbocycles. The largest absolute Gasteiger partial charge is 0.460 e. The first-order valence-electron chi connectivity index (χ1n) is 8.22. The molecule has 2 heterocycles. The monoisotopic (exact) mass is 340 g/mol. The Balaban J connectivity index is 1.53. The van der Waals surface area contributed by atoms with Crippen molar-refractivity contribution in [2.24, 2.45) is 0 Å². The normalized spacial score (nSPS) is 14.8. The maximum absolute atomic E-state index is 12.6. The van der Waals surface area contributed by atoms with Crippen LogP contribution in [0.15, 0.2) is 42.7 Å². The van der Waals surface area contributed by atoms with Crippen LogP contribution in [0.25, 0.3) is 0 Å². The summed E-state index contributed by atoms with van der Waals surface area (Å²) in [4.78, 5) is 33.5. The Kier molecular flexibility index (Phi) is 5.23. The zero-order valence-corrected chi connectivity index (χ0v) is 14.0. The molecule has 0 bridgehead atoms. The Morgan fingerprint density at radius 1 is 1.12 bits per heavy atom. The van der Waals surface area contributed by atoms with Gasteiger partial charge in [-0.25, -0.2) is 9.97 Å². The zero-order chi connectivity index (χ0) is 17.6. The number of likely N-dealkylation sites (tertiary alicyclic amines) is 1. The molecule has 0 atom stereocenters. The Labute approximate surface area is 146 Å². The van der Waals surface area contributed by atoms with Crippen LogP contribution in [-0.2, 0) is 4.79 Å². The third kappa shape index (κ3) is 4.53. The number of hydrogen-bond acceptors (Lipinski definition) is 5. The van der Waals surface area contributed by atoms with Crippen molar-refractivity contribution < 1.29 is 14.3 Å². The average molecular weight is 340 g/mol. The molecule has 0 aliphatic carbocycles. The first kappa shape index (κ1) is 16.9. The number of nitrogens with zero attached hydrogens (tertiary/aromatic N) is 3. The molecule has 1 N–H and O–H groups in total. The van der Waals surface area contributed by atoms with Crippen molar-refractivity contribution in [3.8, 4) is 6.01 Å².